The monoisotopic (exact) mass is 333 g/mol. The number of anilines is 1. The first kappa shape index (κ1) is 15.7. The van der Waals surface area contributed by atoms with Crippen molar-refractivity contribution in [2.75, 3.05) is 25.1 Å². The lowest BCUT2D eigenvalue weighted by molar-refractivity contribution is 0.414. The van der Waals surface area contributed by atoms with Crippen LogP contribution in [0.1, 0.15) is 12.8 Å². The first-order valence-corrected chi connectivity index (χ1v) is 9.05. The maximum atomic E-state index is 12.7. The highest BCUT2D eigenvalue weighted by atomic mass is 32.2. The van der Waals surface area contributed by atoms with Gasteiger partial charge < -0.3 is 9.64 Å². The molecule has 0 N–H and O–H groups in total. The first-order valence-electron chi connectivity index (χ1n) is 7.50. The summed E-state index contributed by atoms with van der Waals surface area (Å²) in [6.45, 7) is 1.36. The van der Waals surface area contributed by atoms with Gasteiger partial charge in [0.1, 0.15) is 17.9 Å². The third kappa shape index (κ3) is 3.29. The molecular formula is C16H19N3O3S. The third-order valence-electron chi connectivity index (χ3n) is 4.16. The van der Waals surface area contributed by atoms with Crippen LogP contribution in [0.25, 0.3) is 0 Å². The molecule has 2 aromatic rings. The van der Waals surface area contributed by atoms with Gasteiger partial charge in [-0.3, -0.25) is 0 Å². The number of sulfone groups is 1. The Kier molecular flexibility index (Phi) is 4.47. The molecule has 0 saturated carbocycles. The average Bonchev–Trinajstić information content (AvgIpc) is 2.62. The van der Waals surface area contributed by atoms with Gasteiger partial charge in [0.15, 0.2) is 9.84 Å². The van der Waals surface area contributed by atoms with Gasteiger partial charge in [0, 0.05) is 19.3 Å². The normalized spacial score (nSPS) is 16.3. The molecule has 1 aromatic heterocycles. The van der Waals surface area contributed by atoms with Crippen LogP contribution in [-0.2, 0) is 9.84 Å². The van der Waals surface area contributed by atoms with E-state index in [1.54, 1.807) is 37.6 Å². The van der Waals surface area contributed by atoms with Crippen molar-refractivity contribution in [1.29, 1.82) is 0 Å². The van der Waals surface area contributed by atoms with E-state index in [-0.39, 0.29) is 5.25 Å². The van der Waals surface area contributed by atoms with Crippen molar-refractivity contribution in [2.24, 2.45) is 0 Å². The Morgan fingerprint density at radius 3 is 2.39 bits per heavy atom. The molecule has 23 heavy (non-hydrogen) atoms. The molecule has 0 radical (unpaired) electrons. The Labute approximate surface area is 136 Å². The van der Waals surface area contributed by atoms with Crippen LogP contribution < -0.4 is 9.64 Å². The predicted octanol–water partition coefficient (Wildman–Crippen LogP) is 1.93. The lowest BCUT2D eigenvalue weighted by Gasteiger charge is -2.32. The zero-order valence-electron chi connectivity index (χ0n) is 12.9. The molecule has 1 aromatic carbocycles. The summed E-state index contributed by atoms with van der Waals surface area (Å²) in [5.74, 6) is 1.50. The van der Waals surface area contributed by atoms with E-state index < -0.39 is 9.84 Å². The van der Waals surface area contributed by atoms with E-state index in [1.807, 2.05) is 6.07 Å². The number of piperidine rings is 1. The fourth-order valence-electron chi connectivity index (χ4n) is 2.82. The predicted molar refractivity (Wildman–Crippen MR) is 87.4 cm³/mol. The number of benzene rings is 1. The molecule has 1 saturated heterocycles. The van der Waals surface area contributed by atoms with E-state index >= 15 is 0 Å². The number of nitrogens with zero attached hydrogens (tertiary/aromatic N) is 3. The summed E-state index contributed by atoms with van der Waals surface area (Å²) < 4.78 is 30.6. The second kappa shape index (κ2) is 6.54. The fraction of sp³-hybridized carbons (Fsp3) is 0.375. The smallest absolute Gasteiger partial charge is 0.181 e. The number of hydrogen-bond acceptors (Lipinski definition) is 6. The van der Waals surface area contributed by atoms with Crippen LogP contribution in [0.3, 0.4) is 0 Å². The van der Waals surface area contributed by atoms with E-state index in [1.165, 1.54) is 6.33 Å². The standard InChI is InChI=1S/C16H19N3O3S/c1-22-13-2-4-14(5-3-13)23(20,21)15-7-10-19(11-8-15)16-6-9-17-12-18-16/h2-6,9,12,15H,7-8,10-11H2,1H3. The molecule has 3 rings (SSSR count). The molecular weight excluding hydrogens is 314 g/mol. The average molecular weight is 333 g/mol. The highest BCUT2D eigenvalue weighted by Gasteiger charge is 2.31. The minimum Gasteiger partial charge on any atom is -0.497 e. The SMILES string of the molecule is COc1ccc(S(=O)(=O)C2CCN(c3ccncn3)CC2)cc1. The van der Waals surface area contributed by atoms with Gasteiger partial charge in [0.05, 0.1) is 17.3 Å². The maximum Gasteiger partial charge on any atom is 0.181 e. The summed E-state index contributed by atoms with van der Waals surface area (Å²) in [6, 6.07) is 8.44. The van der Waals surface area contributed by atoms with Crippen molar-refractivity contribution >= 4 is 15.7 Å². The van der Waals surface area contributed by atoms with Crippen LogP contribution in [0.2, 0.25) is 0 Å². The second-order valence-corrected chi connectivity index (χ2v) is 7.70. The molecule has 0 aliphatic carbocycles. The van der Waals surface area contributed by atoms with Gasteiger partial charge in [-0.2, -0.15) is 0 Å². The van der Waals surface area contributed by atoms with Crippen molar-refractivity contribution in [3.8, 4) is 5.75 Å². The minimum absolute atomic E-state index is 0.353. The van der Waals surface area contributed by atoms with Crippen molar-refractivity contribution in [3.63, 3.8) is 0 Å². The van der Waals surface area contributed by atoms with Crippen LogP contribution in [0.5, 0.6) is 5.75 Å². The molecule has 0 bridgehead atoms. The second-order valence-electron chi connectivity index (χ2n) is 5.47. The first-order chi connectivity index (χ1) is 11.1. The number of aromatic nitrogens is 2. The molecule has 2 heterocycles. The summed E-state index contributed by atoms with van der Waals surface area (Å²) in [4.78, 5) is 10.6. The summed E-state index contributed by atoms with van der Waals surface area (Å²) in [6.07, 6.45) is 4.40. The molecule has 0 atom stereocenters. The van der Waals surface area contributed by atoms with E-state index in [0.717, 1.165) is 5.82 Å². The Balaban J connectivity index is 1.70. The Hall–Kier alpha value is -2.15. The molecule has 7 heteroatoms. The van der Waals surface area contributed by atoms with Crippen LogP contribution in [-0.4, -0.2) is 43.8 Å². The van der Waals surface area contributed by atoms with Crippen molar-refractivity contribution in [1.82, 2.24) is 9.97 Å². The van der Waals surface area contributed by atoms with Gasteiger partial charge in [-0.25, -0.2) is 18.4 Å². The summed E-state index contributed by atoms with van der Waals surface area (Å²) in [7, 11) is -1.75. The number of hydrogen-bond donors (Lipinski definition) is 0. The zero-order valence-corrected chi connectivity index (χ0v) is 13.7. The van der Waals surface area contributed by atoms with Crippen molar-refractivity contribution in [3.05, 3.63) is 42.9 Å². The van der Waals surface area contributed by atoms with Crippen LogP contribution in [0.4, 0.5) is 5.82 Å². The third-order valence-corrected chi connectivity index (χ3v) is 6.44. The number of ether oxygens (including phenoxy) is 1. The Morgan fingerprint density at radius 1 is 1.13 bits per heavy atom. The lowest BCUT2D eigenvalue weighted by Crippen LogP contribution is -2.39. The molecule has 0 unspecified atom stereocenters. The van der Waals surface area contributed by atoms with E-state index in [2.05, 4.69) is 14.9 Å². The largest absolute Gasteiger partial charge is 0.497 e. The fourth-order valence-corrected chi connectivity index (χ4v) is 4.56. The van der Waals surface area contributed by atoms with Crippen LogP contribution in [0.15, 0.2) is 47.8 Å². The Bertz CT molecular complexity index is 740. The van der Waals surface area contributed by atoms with Gasteiger partial charge in [0.2, 0.25) is 0 Å². The Morgan fingerprint density at radius 2 is 1.83 bits per heavy atom. The van der Waals surface area contributed by atoms with Crippen molar-refractivity contribution < 1.29 is 13.2 Å². The van der Waals surface area contributed by atoms with Gasteiger partial charge >= 0.3 is 0 Å². The summed E-state index contributed by atoms with van der Waals surface area (Å²) in [5, 5.41) is -0.353. The highest BCUT2D eigenvalue weighted by molar-refractivity contribution is 7.92. The molecule has 0 spiro atoms. The van der Waals surface area contributed by atoms with Crippen molar-refractivity contribution in [2.45, 2.75) is 23.0 Å². The molecule has 6 nitrogen and oxygen atoms in total. The van der Waals surface area contributed by atoms with Gasteiger partial charge in [-0.15, -0.1) is 0 Å². The van der Waals surface area contributed by atoms with Gasteiger partial charge in [-0.05, 0) is 43.2 Å². The molecule has 1 aliphatic rings. The quantitative estimate of drug-likeness (QED) is 0.851. The summed E-state index contributed by atoms with van der Waals surface area (Å²) >= 11 is 0. The van der Waals surface area contributed by atoms with E-state index in [9.17, 15) is 8.42 Å². The van der Waals surface area contributed by atoms with E-state index in [0.29, 0.717) is 36.6 Å². The van der Waals surface area contributed by atoms with E-state index in [4.69, 9.17) is 4.74 Å². The van der Waals surface area contributed by atoms with Gasteiger partial charge in [0.25, 0.3) is 0 Å². The summed E-state index contributed by atoms with van der Waals surface area (Å²) in [5.41, 5.74) is 0. The van der Waals surface area contributed by atoms with Crippen LogP contribution >= 0.6 is 0 Å². The molecule has 122 valence electrons. The zero-order chi connectivity index (χ0) is 16.3. The maximum absolute atomic E-state index is 12.7. The topological polar surface area (TPSA) is 72.4 Å². The minimum atomic E-state index is -3.31. The van der Waals surface area contributed by atoms with Gasteiger partial charge in [-0.1, -0.05) is 0 Å². The lowest BCUT2D eigenvalue weighted by atomic mass is 10.1. The highest BCUT2D eigenvalue weighted by Crippen LogP contribution is 2.27. The molecule has 1 fully saturated rings. The number of methoxy groups -OCH3 is 1. The molecule has 0 amide bonds. The number of rotatable bonds is 4. The van der Waals surface area contributed by atoms with Crippen LogP contribution in [0, 0.1) is 0 Å². The molecule has 1 aliphatic heterocycles.